The minimum absolute atomic E-state index is 0. The Hall–Kier alpha value is -1.94. The van der Waals surface area contributed by atoms with Gasteiger partial charge in [0.15, 0.2) is 5.96 Å². The molecule has 0 aliphatic heterocycles. The zero-order valence-corrected chi connectivity index (χ0v) is 18.6. The van der Waals surface area contributed by atoms with E-state index in [-0.39, 0.29) is 29.8 Å². The van der Waals surface area contributed by atoms with E-state index in [1.165, 1.54) is 12.1 Å². The number of benzene rings is 1. The van der Waals surface area contributed by atoms with Gasteiger partial charge in [-0.3, -0.25) is 4.99 Å². The molecule has 0 atom stereocenters. The Morgan fingerprint density at radius 1 is 1.18 bits per heavy atom. The number of nitrogens with zero attached hydrogens (tertiary/aromatic N) is 2. The van der Waals surface area contributed by atoms with Crippen LogP contribution in [-0.4, -0.2) is 37.7 Å². The molecule has 28 heavy (non-hydrogen) atoms. The molecule has 154 valence electrons. The van der Waals surface area contributed by atoms with E-state index in [0.717, 1.165) is 44.1 Å². The van der Waals surface area contributed by atoms with Gasteiger partial charge in [-0.2, -0.15) is 0 Å². The van der Waals surface area contributed by atoms with Crippen LogP contribution in [0.4, 0.5) is 4.39 Å². The summed E-state index contributed by atoms with van der Waals surface area (Å²) in [5.41, 5.74) is 0.987. The molecule has 0 aliphatic carbocycles. The van der Waals surface area contributed by atoms with Crippen molar-refractivity contribution < 1.29 is 13.9 Å². The van der Waals surface area contributed by atoms with Crippen molar-refractivity contribution in [1.82, 2.24) is 15.6 Å². The van der Waals surface area contributed by atoms with Crippen LogP contribution in [0.25, 0.3) is 0 Å². The maximum atomic E-state index is 13.2. The first-order chi connectivity index (χ1) is 13.2. The number of aliphatic imine (C=N–C) groups is 1. The molecule has 0 saturated heterocycles. The normalized spacial score (nSPS) is 10.9. The molecule has 0 radical (unpaired) electrons. The first-order valence-corrected chi connectivity index (χ1v) is 9.12. The summed E-state index contributed by atoms with van der Waals surface area (Å²) < 4.78 is 24.0. The summed E-state index contributed by atoms with van der Waals surface area (Å²) in [6.45, 7) is 4.98. The molecule has 1 aromatic heterocycles. The topological polar surface area (TPSA) is 67.8 Å². The van der Waals surface area contributed by atoms with Crippen LogP contribution < -0.4 is 15.4 Å². The highest BCUT2D eigenvalue weighted by atomic mass is 127. The van der Waals surface area contributed by atoms with Gasteiger partial charge in [0.2, 0.25) is 5.88 Å². The quantitative estimate of drug-likeness (QED) is 0.222. The van der Waals surface area contributed by atoms with Gasteiger partial charge in [-0.1, -0.05) is 12.1 Å². The summed E-state index contributed by atoms with van der Waals surface area (Å²) in [5.74, 6) is 1.24. The van der Waals surface area contributed by atoms with Crippen molar-refractivity contribution in [3.63, 3.8) is 0 Å². The lowest BCUT2D eigenvalue weighted by Gasteiger charge is -2.12. The predicted molar refractivity (Wildman–Crippen MR) is 120 cm³/mol. The van der Waals surface area contributed by atoms with Gasteiger partial charge in [-0.15, -0.1) is 24.0 Å². The van der Waals surface area contributed by atoms with Crippen molar-refractivity contribution in [2.24, 2.45) is 4.99 Å². The van der Waals surface area contributed by atoms with E-state index in [9.17, 15) is 4.39 Å². The molecule has 8 heteroatoms. The summed E-state index contributed by atoms with van der Waals surface area (Å²) in [5, 5.41) is 6.51. The first kappa shape index (κ1) is 24.1. The lowest BCUT2D eigenvalue weighted by atomic mass is 10.3. The standard InChI is InChI=1S/C20H27FN4O2.HI/c1-3-26-12-5-4-11-23-20(22-2)25-15-16-9-10-19(24-14-16)27-18-8-6-7-17(21)13-18;/h6-10,13-14H,3-5,11-12,15H2,1-2H3,(H2,22,23,25);1H. The second-order valence-corrected chi connectivity index (χ2v) is 5.82. The third-order valence-corrected chi connectivity index (χ3v) is 3.71. The van der Waals surface area contributed by atoms with E-state index < -0.39 is 0 Å². The molecule has 1 heterocycles. The van der Waals surface area contributed by atoms with Crippen molar-refractivity contribution in [3.8, 4) is 11.6 Å². The molecule has 0 saturated carbocycles. The highest BCUT2D eigenvalue weighted by Crippen LogP contribution is 2.19. The fourth-order valence-electron chi connectivity index (χ4n) is 2.31. The Bertz CT molecular complexity index is 714. The number of guanidine groups is 1. The van der Waals surface area contributed by atoms with Gasteiger partial charge in [0.1, 0.15) is 11.6 Å². The third-order valence-electron chi connectivity index (χ3n) is 3.71. The largest absolute Gasteiger partial charge is 0.439 e. The van der Waals surface area contributed by atoms with Gasteiger partial charge in [0.05, 0.1) is 0 Å². The van der Waals surface area contributed by atoms with Gasteiger partial charge in [0, 0.05) is 51.7 Å². The molecular weight excluding hydrogens is 474 g/mol. The third kappa shape index (κ3) is 9.32. The number of nitrogens with one attached hydrogen (secondary N) is 2. The van der Waals surface area contributed by atoms with Gasteiger partial charge < -0.3 is 20.1 Å². The molecule has 2 N–H and O–H groups in total. The summed E-state index contributed by atoms with van der Waals surface area (Å²) in [6, 6.07) is 9.63. The van der Waals surface area contributed by atoms with Crippen LogP contribution >= 0.6 is 24.0 Å². The summed E-state index contributed by atoms with van der Waals surface area (Å²) in [6.07, 6.45) is 3.76. The van der Waals surface area contributed by atoms with Gasteiger partial charge in [-0.05, 0) is 37.5 Å². The number of rotatable bonds is 10. The SMILES string of the molecule is CCOCCCCNC(=NC)NCc1ccc(Oc2cccc(F)c2)nc1.I. The molecule has 0 bridgehead atoms. The molecule has 6 nitrogen and oxygen atoms in total. The number of pyridine rings is 1. The number of unbranched alkanes of at least 4 members (excludes halogenated alkanes) is 1. The zero-order chi connectivity index (χ0) is 19.3. The minimum Gasteiger partial charge on any atom is -0.439 e. The van der Waals surface area contributed by atoms with Crippen LogP contribution in [0.15, 0.2) is 47.6 Å². The summed E-state index contributed by atoms with van der Waals surface area (Å²) in [4.78, 5) is 8.45. The molecule has 0 unspecified atom stereocenters. The van der Waals surface area contributed by atoms with Gasteiger partial charge in [-0.25, -0.2) is 9.37 Å². The Balaban J connectivity index is 0.00000392. The predicted octanol–water partition coefficient (Wildman–Crippen LogP) is 4.11. The molecule has 0 spiro atoms. The number of ether oxygens (including phenoxy) is 2. The number of hydrogen-bond acceptors (Lipinski definition) is 4. The Labute approximate surface area is 183 Å². The van der Waals surface area contributed by atoms with E-state index in [2.05, 4.69) is 20.6 Å². The van der Waals surface area contributed by atoms with Crippen molar-refractivity contribution in [2.75, 3.05) is 26.8 Å². The number of aromatic nitrogens is 1. The van der Waals surface area contributed by atoms with Crippen molar-refractivity contribution in [3.05, 3.63) is 54.0 Å². The monoisotopic (exact) mass is 502 g/mol. The lowest BCUT2D eigenvalue weighted by Crippen LogP contribution is -2.37. The highest BCUT2D eigenvalue weighted by Gasteiger charge is 2.02. The second-order valence-electron chi connectivity index (χ2n) is 5.82. The Morgan fingerprint density at radius 2 is 2.04 bits per heavy atom. The van der Waals surface area contributed by atoms with Crippen LogP contribution in [0.2, 0.25) is 0 Å². The molecule has 2 aromatic rings. The van der Waals surface area contributed by atoms with Gasteiger partial charge >= 0.3 is 0 Å². The lowest BCUT2D eigenvalue weighted by molar-refractivity contribution is 0.143. The fourth-order valence-corrected chi connectivity index (χ4v) is 2.31. The van der Waals surface area contributed by atoms with E-state index in [4.69, 9.17) is 9.47 Å². The number of hydrogen-bond donors (Lipinski definition) is 2. The van der Waals surface area contributed by atoms with E-state index in [0.29, 0.717) is 18.2 Å². The van der Waals surface area contributed by atoms with Crippen molar-refractivity contribution in [2.45, 2.75) is 26.3 Å². The maximum absolute atomic E-state index is 13.2. The van der Waals surface area contributed by atoms with Crippen LogP contribution in [0.3, 0.4) is 0 Å². The fraction of sp³-hybridized carbons (Fsp3) is 0.400. The summed E-state index contributed by atoms with van der Waals surface area (Å²) in [7, 11) is 1.74. The average Bonchev–Trinajstić information content (AvgIpc) is 2.68. The molecular formula is C20H28FIN4O2. The first-order valence-electron chi connectivity index (χ1n) is 9.12. The van der Waals surface area contributed by atoms with Crippen LogP contribution in [-0.2, 0) is 11.3 Å². The number of halogens is 2. The van der Waals surface area contributed by atoms with E-state index >= 15 is 0 Å². The molecule has 0 aliphatic rings. The van der Waals surface area contributed by atoms with Crippen LogP contribution in [0.1, 0.15) is 25.3 Å². The molecule has 0 amide bonds. The average molecular weight is 502 g/mol. The maximum Gasteiger partial charge on any atom is 0.219 e. The molecule has 1 aromatic carbocycles. The zero-order valence-electron chi connectivity index (χ0n) is 16.3. The Morgan fingerprint density at radius 3 is 2.71 bits per heavy atom. The molecule has 0 fully saturated rings. The summed E-state index contributed by atoms with van der Waals surface area (Å²) >= 11 is 0. The van der Waals surface area contributed by atoms with Gasteiger partial charge in [0.25, 0.3) is 0 Å². The smallest absolute Gasteiger partial charge is 0.219 e. The van der Waals surface area contributed by atoms with Crippen LogP contribution in [0, 0.1) is 5.82 Å². The van der Waals surface area contributed by atoms with E-state index in [1.807, 2.05) is 13.0 Å². The highest BCUT2D eigenvalue weighted by molar-refractivity contribution is 14.0. The minimum atomic E-state index is -0.343. The molecule has 2 rings (SSSR count). The van der Waals surface area contributed by atoms with Crippen molar-refractivity contribution >= 4 is 29.9 Å². The Kier molecular flexibility index (Phi) is 12.1. The van der Waals surface area contributed by atoms with Crippen LogP contribution in [0.5, 0.6) is 11.6 Å². The van der Waals surface area contributed by atoms with E-state index in [1.54, 1.807) is 31.4 Å². The second kappa shape index (κ2) is 14.1. The van der Waals surface area contributed by atoms with Crippen molar-refractivity contribution in [1.29, 1.82) is 0 Å².